The molecule has 3 N–H and O–H groups in total. The highest BCUT2D eigenvalue weighted by atomic mass is 35.5. The van der Waals surface area contributed by atoms with Crippen LogP contribution < -0.4 is 15.2 Å². The average molecular weight is 500 g/mol. The number of amides is 1. The predicted molar refractivity (Wildman–Crippen MR) is 134 cm³/mol. The summed E-state index contributed by atoms with van der Waals surface area (Å²) >= 11 is 12.2. The Morgan fingerprint density at radius 3 is 2.26 bits per heavy atom. The maximum absolute atomic E-state index is 13.7. The Kier molecular flexibility index (Phi) is 8.57. The average Bonchev–Trinajstić information content (AvgIpc) is 2.86. The molecule has 1 amide bonds. The molecule has 0 bridgehead atoms. The molecule has 1 saturated heterocycles. The van der Waals surface area contributed by atoms with Gasteiger partial charge >= 0.3 is 0 Å². The van der Waals surface area contributed by atoms with Gasteiger partial charge in [-0.15, -0.1) is 0 Å². The fourth-order valence-corrected chi connectivity index (χ4v) is 4.91. The monoisotopic (exact) mass is 499 g/mol. The van der Waals surface area contributed by atoms with Crippen molar-refractivity contribution in [2.45, 2.75) is 31.3 Å². The number of nitrogens with one attached hydrogen (secondary N) is 3. The summed E-state index contributed by atoms with van der Waals surface area (Å²) in [4.78, 5) is 18.1. The summed E-state index contributed by atoms with van der Waals surface area (Å²) in [7, 11) is 0. The minimum Gasteiger partial charge on any atom is -0.370 e. The van der Waals surface area contributed by atoms with Crippen molar-refractivity contribution in [2.24, 2.45) is 0 Å². The number of morpholine rings is 1. The minimum absolute atomic E-state index is 0.0269. The second-order valence-electron chi connectivity index (χ2n) is 8.83. The zero-order valence-corrected chi connectivity index (χ0v) is 20.8. The number of H-pyrrole nitrogens is 1. The summed E-state index contributed by atoms with van der Waals surface area (Å²) in [5, 5.41) is 4.76. The largest absolute Gasteiger partial charge is 0.370 e. The fourth-order valence-electron chi connectivity index (χ4n) is 4.66. The molecule has 5 nitrogen and oxygen atoms in total. The van der Waals surface area contributed by atoms with Gasteiger partial charge in [0, 0.05) is 28.1 Å². The number of pyridine rings is 1. The van der Waals surface area contributed by atoms with Crippen LogP contribution in [0.15, 0.2) is 73.1 Å². The van der Waals surface area contributed by atoms with E-state index in [1.807, 2.05) is 73.1 Å². The second kappa shape index (κ2) is 11.8. The zero-order chi connectivity index (χ0) is 23.9. The van der Waals surface area contributed by atoms with Gasteiger partial charge in [-0.3, -0.25) is 4.79 Å². The van der Waals surface area contributed by atoms with Crippen LogP contribution >= 0.6 is 23.2 Å². The third-order valence-corrected chi connectivity index (χ3v) is 7.01. The number of aromatic amines is 1. The van der Waals surface area contributed by atoms with Gasteiger partial charge in [0.2, 0.25) is 0 Å². The van der Waals surface area contributed by atoms with Crippen LogP contribution in [0.3, 0.4) is 0 Å². The minimum atomic E-state index is -0.301. The van der Waals surface area contributed by atoms with E-state index < -0.39 is 0 Å². The molecular formula is C27H31Cl2N3O2+2. The Labute approximate surface area is 211 Å². The number of aromatic nitrogens is 1. The molecular weight excluding hydrogens is 469 g/mol. The molecule has 7 heteroatoms. The highest BCUT2D eigenvalue weighted by molar-refractivity contribution is 6.30. The number of halogens is 2. The molecule has 0 radical (unpaired) electrons. The molecule has 2 aromatic carbocycles. The first-order valence-electron chi connectivity index (χ1n) is 11.7. The van der Waals surface area contributed by atoms with Gasteiger partial charge in [-0.25, -0.2) is 4.98 Å². The lowest BCUT2D eigenvalue weighted by Crippen LogP contribution is -3.15. The van der Waals surface area contributed by atoms with Gasteiger partial charge in [0.05, 0.1) is 18.8 Å². The summed E-state index contributed by atoms with van der Waals surface area (Å²) in [6.45, 7) is 5.00. The Balaban J connectivity index is 1.58. The Morgan fingerprint density at radius 1 is 1.00 bits per heavy atom. The summed E-state index contributed by atoms with van der Waals surface area (Å²) < 4.78 is 5.55. The molecule has 178 valence electrons. The summed E-state index contributed by atoms with van der Waals surface area (Å²) in [6, 6.07) is 19.3. The van der Waals surface area contributed by atoms with Crippen LogP contribution in [0, 0.1) is 0 Å². The molecule has 1 aromatic heterocycles. The topological polar surface area (TPSA) is 56.9 Å². The van der Waals surface area contributed by atoms with Crippen LogP contribution in [0.5, 0.6) is 0 Å². The van der Waals surface area contributed by atoms with Crippen LogP contribution in [0.4, 0.5) is 0 Å². The van der Waals surface area contributed by atoms with E-state index in [-0.39, 0.29) is 23.9 Å². The fraction of sp³-hybridized carbons (Fsp3) is 0.333. The van der Waals surface area contributed by atoms with Gasteiger partial charge in [-0.1, -0.05) is 47.5 Å². The van der Waals surface area contributed by atoms with E-state index in [1.54, 1.807) is 0 Å². The van der Waals surface area contributed by atoms with Crippen LogP contribution in [0.1, 0.15) is 35.6 Å². The quantitative estimate of drug-likeness (QED) is 0.499. The van der Waals surface area contributed by atoms with Gasteiger partial charge in [0.1, 0.15) is 13.1 Å². The van der Waals surface area contributed by atoms with Crippen molar-refractivity contribution in [3.05, 3.63) is 99.8 Å². The second-order valence-corrected chi connectivity index (χ2v) is 9.70. The van der Waals surface area contributed by atoms with Crippen LogP contribution in [-0.2, 0) is 16.0 Å². The van der Waals surface area contributed by atoms with Crippen molar-refractivity contribution in [3.8, 4) is 0 Å². The van der Waals surface area contributed by atoms with Gasteiger partial charge in [-0.05, 0) is 54.8 Å². The van der Waals surface area contributed by atoms with Crippen molar-refractivity contribution in [3.63, 3.8) is 0 Å². The number of carbonyl (C=O) groups is 1. The predicted octanol–water partition coefficient (Wildman–Crippen LogP) is 3.29. The van der Waals surface area contributed by atoms with Crippen molar-refractivity contribution in [1.82, 2.24) is 5.32 Å². The molecule has 0 saturated carbocycles. The maximum Gasteiger partial charge on any atom is 0.283 e. The highest BCUT2D eigenvalue weighted by Crippen LogP contribution is 2.27. The third kappa shape index (κ3) is 6.36. The summed E-state index contributed by atoms with van der Waals surface area (Å²) in [6.07, 6.45) is 4.55. The summed E-state index contributed by atoms with van der Waals surface area (Å²) in [5.74, 6) is 0.101. The lowest BCUT2D eigenvalue weighted by atomic mass is 9.86. The van der Waals surface area contributed by atoms with Crippen molar-refractivity contribution in [2.75, 3.05) is 26.3 Å². The number of quaternary nitrogens is 1. The number of ether oxygens (including phenoxy) is 1. The Morgan fingerprint density at radius 2 is 1.65 bits per heavy atom. The van der Waals surface area contributed by atoms with E-state index in [2.05, 4.69) is 17.2 Å². The molecule has 0 spiro atoms. The van der Waals surface area contributed by atoms with Gasteiger partial charge in [0.25, 0.3) is 5.91 Å². The first-order chi connectivity index (χ1) is 16.5. The van der Waals surface area contributed by atoms with Gasteiger partial charge < -0.3 is 15.0 Å². The van der Waals surface area contributed by atoms with Crippen LogP contribution in [-0.4, -0.2) is 38.3 Å². The molecule has 1 fully saturated rings. The number of carbonyl (C=O) groups excluding carboxylic acids is 1. The smallest absolute Gasteiger partial charge is 0.283 e. The van der Waals surface area contributed by atoms with E-state index in [0.717, 1.165) is 30.6 Å². The van der Waals surface area contributed by atoms with E-state index >= 15 is 0 Å². The molecule has 3 atom stereocenters. The normalized spacial score (nSPS) is 17.0. The van der Waals surface area contributed by atoms with E-state index in [9.17, 15) is 4.79 Å². The van der Waals surface area contributed by atoms with Gasteiger partial charge in [-0.2, -0.15) is 0 Å². The van der Waals surface area contributed by atoms with Crippen molar-refractivity contribution in [1.29, 1.82) is 0 Å². The van der Waals surface area contributed by atoms with Crippen molar-refractivity contribution >= 4 is 29.1 Å². The SMILES string of the molecule is C[C@@H](NC(=O)C(c1ccc[nH+]c1)[NH+]1CCOCC1)[C@H](Cc1ccc(Cl)cc1)c1ccc(Cl)cc1. The maximum atomic E-state index is 13.7. The Hall–Kier alpha value is -2.44. The molecule has 4 rings (SSSR count). The molecule has 0 aliphatic carbocycles. The zero-order valence-electron chi connectivity index (χ0n) is 19.3. The van der Waals surface area contributed by atoms with E-state index in [1.165, 1.54) is 10.5 Å². The molecule has 2 heterocycles. The van der Waals surface area contributed by atoms with E-state index in [0.29, 0.717) is 23.3 Å². The molecule has 34 heavy (non-hydrogen) atoms. The number of hydrogen-bond donors (Lipinski definition) is 2. The number of hydrogen-bond acceptors (Lipinski definition) is 2. The van der Waals surface area contributed by atoms with Crippen LogP contribution in [0.25, 0.3) is 0 Å². The lowest BCUT2D eigenvalue weighted by molar-refractivity contribution is -0.929. The first-order valence-corrected chi connectivity index (χ1v) is 12.5. The molecule has 1 aliphatic heterocycles. The van der Waals surface area contributed by atoms with Crippen molar-refractivity contribution < 1.29 is 19.4 Å². The molecule has 1 unspecified atom stereocenters. The van der Waals surface area contributed by atoms with Crippen LogP contribution in [0.2, 0.25) is 10.0 Å². The number of rotatable bonds is 8. The molecule has 1 aliphatic rings. The molecule has 3 aromatic rings. The highest BCUT2D eigenvalue weighted by Gasteiger charge is 2.35. The van der Waals surface area contributed by atoms with Gasteiger partial charge in [0.15, 0.2) is 18.4 Å². The lowest BCUT2D eigenvalue weighted by Gasteiger charge is -2.32. The van der Waals surface area contributed by atoms with E-state index in [4.69, 9.17) is 27.9 Å². The summed E-state index contributed by atoms with van der Waals surface area (Å²) in [5.41, 5.74) is 3.28. The Bertz CT molecular complexity index is 1060. The number of benzene rings is 2. The first kappa shape index (κ1) is 24.7. The third-order valence-electron chi connectivity index (χ3n) is 6.51. The standard InChI is InChI=1S/C27H29Cl2N3O2/c1-19(25(21-6-10-24(29)11-7-21)17-20-4-8-23(28)9-5-20)31-27(33)26(22-3-2-12-30-18-22)32-13-15-34-16-14-32/h2-12,18-19,25-26H,13-17H2,1H3,(H,31,33)/p+2/t19-,25+,26?/m1/s1.